The van der Waals surface area contributed by atoms with Gasteiger partial charge in [0.15, 0.2) is 0 Å². The van der Waals surface area contributed by atoms with E-state index in [0.29, 0.717) is 6.04 Å². The highest BCUT2D eigenvalue weighted by Crippen LogP contribution is 2.15. The first-order valence-corrected chi connectivity index (χ1v) is 6.09. The maximum absolute atomic E-state index is 3.39. The SMILES string of the molecule is CCCN(C)CC(NC)c1cccc(C)c1. The van der Waals surface area contributed by atoms with Crippen LogP contribution >= 0.6 is 0 Å². The van der Waals surface area contributed by atoms with Gasteiger partial charge in [0.25, 0.3) is 0 Å². The van der Waals surface area contributed by atoms with Crippen LogP contribution in [0.2, 0.25) is 0 Å². The van der Waals surface area contributed by atoms with E-state index in [1.807, 2.05) is 7.05 Å². The van der Waals surface area contributed by atoms with E-state index in [2.05, 4.69) is 55.4 Å². The number of likely N-dealkylation sites (N-methyl/N-ethyl adjacent to an activating group) is 2. The van der Waals surface area contributed by atoms with Crippen molar-refractivity contribution in [1.29, 1.82) is 0 Å². The van der Waals surface area contributed by atoms with E-state index < -0.39 is 0 Å². The largest absolute Gasteiger partial charge is 0.312 e. The average molecular weight is 220 g/mol. The van der Waals surface area contributed by atoms with Gasteiger partial charge in [-0.2, -0.15) is 0 Å². The summed E-state index contributed by atoms with van der Waals surface area (Å²) in [5.74, 6) is 0. The number of nitrogens with one attached hydrogen (secondary N) is 1. The van der Waals surface area contributed by atoms with Crippen LogP contribution in [0.5, 0.6) is 0 Å². The Balaban J connectivity index is 2.67. The maximum Gasteiger partial charge on any atom is 0.0446 e. The molecule has 0 aliphatic heterocycles. The molecule has 0 saturated carbocycles. The zero-order valence-corrected chi connectivity index (χ0v) is 11.0. The molecule has 1 unspecified atom stereocenters. The van der Waals surface area contributed by atoms with Crippen LogP contribution in [0.4, 0.5) is 0 Å². The number of rotatable bonds is 6. The number of hydrogen-bond acceptors (Lipinski definition) is 2. The molecule has 0 aliphatic rings. The molecule has 16 heavy (non-hydrogen) atoms. The maximum atomic E-state index is 3.39. The third-order valence-electron chi connectivity index (χ3n) is 2.89. The van der Waals surface area contributed by atoms with Crippen molar-refractivity contribution in [3.63, 3.8) is 0 Å². The molecule has 1 rings (SSSR count). The Kier molecular flexibility index (Phi) is 5.50. The standard InChI is InChI=1S/C14H24N2/c1-5-9-16(4)11-14(15-3)13-8-6-7-12(2)10-13/h6-8,10,14-15H,5,9,11H2,1-4H3. The molecule has 1 N–H and O–H groups in total. The zero-order valence-electron chi connectivity index (χ0n) is 11.0. The number of benzene rings is 1. The lowest BCUT2D eigenvalue weighted by atomic mass is 10.0. The van der Waals surface area contributed by atoms with Gasteiger partial charge in [-0.1, -0.05) is 36.8 Å². The first-order chi connectivity index (χ1) is 7.67. The number of nitrogens with zero attached hydrogens (tertiary/aromatic N) is 1. The second kappa shape index (κ2) is 6.66. The third-order valence-corrected chi connectivity index (χ3v) is 2.89. The van der Waals surface area contributed by atoms with Crippen LogP contribution in [0.15, 0.2) is 24.3 Å². The first-order valence-electron chi connectivity index (χ1n) is 6.09. The van der Waals surface area contributed by atoms with Crippen molar-refractivity contribution in [2.75, 3.05) is 27.2 Å². The second-order valence-corrected chi connectivity index (χ2v) is 4.52. The molecule has 0 amide bonds. The minimum absolute atomic E-state index is 0.427. The van der Waals surface area contributed by atoms with Crippen molar-refractivity contribution < 1.29 is 0 Å². The lowest BCUT2D eigenvalue weighted by molar-refractivity contribution is 0.297. The summed E-state index contributed by atoms with van der Waals surface area (Å²) in [5.41, 5.74) is 2.71. The predicted molar refractivity (Wildman–Crippen MR) is 70.8 cm³/mol. The lowest BCUT2D eigenvalue weighted by Crippen LogP contribution is -2.31. The van der Waals surface area contributed by atoms with Gasteiger partial charge in [-0.3, -0.25) is 0 Å². The molecule has 0 aliphatic carbocycles. The highest BCUT2D eigenvalue weighted by atomic mass is 15.1. The average Bonchev–Trinajstić information content (AvgIpc) is 2.26. The molecule has 0 fully saturated rings. The lowest BCUT2D eigenvalue weighted by Gasteiger charge is -2.24. The molecular weight excluding hydrogens is 196 g/mol. The van der Waals surface area contributed by atoms with Crippen LogP contribution in [-0.4, -0.2) is 32.1 Å². The van der Waals surface area contributed by atoms with Crippen molar-refractivity contribution in [2.24, 2.45) is 0 Å². The summed E-state index contributed by atoms with van der Waals surface area (Å²) in [6.07, 6.45) is 1.21. The summed E-state index contributed by atoms with van der Waals surface area (Å²) in [6, 6.07) is 9.17. The Morgan fingerprint density at radius 1 is 1.38 bits per heavy atom. The fourth-order valence-corrected chi connectivity index (χ4v) is 2.03. The number of hydrogen-bond donors (Lipinski definition) is 1. The molecular formula is C14H24N2. The highest BCUT2D eigenvalue weighted by molar-refractivity contribution is 5.25. The quantitative estimate of drug-likeness (QED) is 0.792. The van der Waals surface area contributed by atoms with E-state index in [1.54, 1.807) is 0 Å². The Morgan fingerprint density at radius 3 is 2.69 bits per heavy atom. The zero-order chi connectivity index (χ0) is 12.0. The van der Waals surface area contributed by atoms with Crippen molar-refractivity contribution in [1.82, 2.24) is 10.2 Å². The van der Waals surface area contributed by atoms with Gasteiger partial charge in [-0.25, -0.2) is 0 Å². The molecule has 90 valence electrons. The molecule has 1 atom stereocenters. The Morgan fingerprint density at radius 2 is 2.12 bits per heavy atom. The van der Waals surface area contributed by atoms with Gasteiger partial charge in [0, 0.05) is 12.6 Å². The molecule has 0 radical (unpaired) electrons. The van der Waals surface area contributed by atoms with Gasteiger partial charge in [-0.15, -0.1) is 0 Å². The molecule has 2 nitrogen and oxygen atoms in total. The van der Waals surface area contributed by atoms with Crippen molar-refractivity contribution in [2.45, 2.75) is 26.3 Å². The second-order valence-electron chi connectivity index (χ2n) is 4.52. The van der Waals surface area contributed by atoms with Crippen molar-refractivity contribution in [3.05, 3.63) is 35.4 Å². The Hall–Kier alpha value is -0.860. The summed E-state index contributed by atoms with van der Waals surface area (Å²) >= 11 is 0. The monoisotopic (exact) mass is 220 g/mol. The van der Waals surface area contributed by atoms with Crippen LogP contribution in [0.3, 0.4) is 0 Å². The van der Waals surface area contributed by atoms with Gasteiger partial charge in [0.2, 0.25) is 0 Å². The summed E-state index contributed by atoms with van der Waals surface area (Å²) in [4.78, 5) is 2.38. The Bertz CT molecular complexity index is 309. The van der Waals surface area contributed by atoms with E-state index >= 15 is 0 Å². The van der Waals surface area contributed by atoms with Gasteiger partial charge >= 0.3 is 0 Å². The molecule has 0 heterocycles. The van der Waals surface area contributed by atoms with Crippen LogP contribution in [0, 0.1) is 6.92 Å². The predicted octanol–water partition coefficient (Wildman–Crippen LogP) is 2.60. The molecule has 0 bridgehead atoms. The third kappa shape index (κ3) is 3.95. The normalized spacial score (nSPS) is 13.1. The van der Waals surface area contributed by atoms with Crippen LogP contribution < -0.4 is 5.32 Å². The molecule has 1 aromatic rings. The molecule has 0 saturated heterocycles. The van der Waals surface area contributed by atoms with Crippen LogP contribution in [0.25, 0.3) is 0 Å². The van der Waals surface area contributed by atoms with Crippen molar-refractivity contribution >= 4 is 0 Å². The highest BCUT2D eigenvalue weighted by Gasteiger charge is 2.11. The van der Waals surface area contributed by atoms with Crippen LogP contribution in [-0.2, 0) is 0 Å². The minimum Gasteiger partial charge on any atom is -0.312 e. The molecule has 0 spiro atoms. The van der Waals surface area contributed by atoms with E-state index in [1.165, 1.54) is 17.5 Å². The summed E-state index contributed by atoms with van der Waals surface area (Å²) in [5, 5.41) is 3.39. The summed E-state index contributed by atoms with van der Waals surface area (Å²) in [7, 11) is 4.22. The van der Waals surface area contributed by atoms with Gasteiger partial charge in [0.05, 0.1) is 0 Å². The topological polar surface area (TPSA) is 15.3 Å². The van der Waals surface area contributed by atoms with Gasteiger partial charge in [-0.05, 0) is 39.5 Å². The van der Waals surface area contributed by atoms with Crippen molar-refractivity contribution in [3.8, 4) is 0 Å². The Labute approximate surface area is 99.7 Å². The van der Waals surface area contributed by atoms with E-state index in [9.17, 15) is 0 Å². The summed E-state index contributed by atoms with van der Waals surface area (Å²) in [6.45, 7) is 6.58. The number of aryl methyl sites for hydroxylation is 1. The smallest absolute Gasteiger partial charge is 0.0446 e. The molecule has 1 aromatic carbocycles. The molecule has 0 aromatic heterocycles. The van der Waals surface area contributed by atoms with Gasteiger partial charge in [0.1, 0.15) is 0 Å². The fourth-order valence-electron chi connectivity index (χ4n) is 2.03. The summed E-state index contributed by atoms with van der Waals surface area (Å²) < 4.78 is 0. The van der Waals surface area contributed by atoms with Crippen LogP contribution in [0.1, 0.15) is 30.5 Å². The minimum atomic E-state index is 0.427. The van der Waals surface area contributed by atoms with E-state index in [4.69, 9.17) is 0 Å². The first kappa shape index (κ1) is 13.2. The van der Waals surface area contributed by atoms with E-state index in [-0.39, 0.29) is 0 Å². The van der Waals surface area contributed by atoms with E-state index in [0.717, 1.165) is 13.1 Å². The molecule has 2 heteroatoms. The van der Waals surface area contributed by atoms with Gasteiger partial charge < -0.3 is 10.2 Å². The fraction of sp³-hybridized carbons (Fsp3) is 0.571.